The number of hydrogen-bond donors (Lipinski definition) is 1. The average molecular weight is 317 g/mol. The summed E-state index contributed by atoms with van der Waals surface area (Å²) in [7, 11) is 0. The maximum absolute atomic E-state index is 12.2. The Kier molecular flexibility index (Phi) is 6.44. The first-order valence-electron chi connectivity index (χ1n) is 8.61. The Morgan fingerprint density at radius 1 is 1.04 bits per heavy atom. The zero-order chi connectivity index (χ0) is 16.7. The van der Waals surface area contributed by atoms with Crippen LogP contribution in [0.4, 0.5) is 11.4 Å². The predicted octanol–water partition coefficient (Wildman–Crippen LogP) is 2.87. The van der Waals surface area contributed by atoms with Crippen molar-refractivity contribution in [1.29, 1.82) is 0 Å². The fraction of sp³-hybridized carbons (Fsp3) is 0.556. The molecule has 0 spiro atoms. The molecule has 1 aromatic carbocycles. The fourth-order valence-corrected chi connectivity index (χ4v) is 2.91. The van der Waals surface area contributed by atoms with Crippen LogP contribution in [0.5, 0.6) is 0 Å². The Hall–Kier alpha value is -2.04. The van der Waals surface area contributed by atoms with E-state index in [1.54, 1.807) is 4.90 Å². The number of rotatable bonds is 6. The topological polar surface area (TPSA) is 52.7 Å². The van der Waals surface area contributed by atoms with Gasteiger partial charge in [-0.2, -0.15) is 0 Å². The average Bonchev–Trinajstić information content (AvgIpc) is 3.09. The first-order valence-corrected chi connectivity index (χ1v) is 8.61. The van der Waals surface area contributed by atoms with Gasteiger partial charge in [0, 0.05) is 37.6 Å². The van der Waals surface area contributed by atoms with Crippen molar-refractivity contribution >= 4 is 23.2 Å². The van der Waals surface area contributed by atoms with Gasteiger partial charge in [0.25, 0.3) is 0 Å². The highest BCUT2D eigenvalue weighted by molar-refractivity contribution is 6.39. The second-order valence-corrected chi connectivity index (χ2v) is 5.99. The lowest BCUT2D eigenvalue weighted by atomic mass is 10.2. The Morgan fingerprint density at radius 2 is 1.61 bits per heavy atom. The van der Waals surface area contributed by atoms with Gasteiger partial charge < -0.3 is 15.1 Å². The van der Waals surface area contributed by atoms with Crippen LogP contribution in [0.25, 0.3) is 0 Å². The molecule has 23 heavy (non-hydrogen) atoms. The van der Waals surface area contributed by atoms with Crippen LogP contribution in [0.2, 0.25) is 0 Å². The van der Waals surface area contributed by atoms with E-state index in [9.17, 15) is 9.59 Å². The molecule has 1 aromatic rings. The van der Waals surface area contributed by atoms with Crippen LogP contribution in [-0.2, 0) is 9.59 Å². The Bertz CT molecular complexity index is 516. The quantitative estimate of drug-likeness (QED) is 0.821. The van der Waals surface area contributed by atoms with Crippen molar-refractivity contribution < 1.29 is 9.59 Å². The largest absolute Gasteiger partial charge is 0.372 e. The Balaban J connectivity index is 1.94. The van der Waals surface area contributed by atoms with Crippen LogP contribution >= 0.6 is 0 Å². The highest BCUT2D eigenvalue weighted by Crippen LogP contribution is 2.22. The van der Waals surface area contributed by atoms with Crippen LogP contribution < -0.4 is 10.2 Å². The highest BCUT2D eigenvalue weighted by atomic mass is 16.2. The minimum absolute atomic E-state index is 0.447. The molecule has 1 aliphatic heterocycles. The van der Waals surface area contributed by atoms with Crippen LogP contribution in [0.15, 0.2) is 24.3 Å². The van der Waals surface area contributed by atoms with E-state index >= 15 is 0 Å². The third-order valence-electron chi connectivity index (χ3n) is 4.06. The van der Waals surface area contributed by atoms with E-state index in [-0.39, 0.29) is 0 Å². The number of nitrogens with one attached hydrogen (secondary N) is 1. The lowest BCUT2D eigenvalue weighted by Gasteiger charge is -2.21. The standard InChI is InChI=1S/C18H27N3O2/c1-3-11-21(12-4-2)18(23)17(22)19-15-7-9-16(10-8-15)20-13-5-6-14-20/h7-10H,3-6,11-14H2,1-2H3,(H,19,22). The summed E-state index contributed by atoms with van der Waals surface area (Å²) in [5.41, 5.74) is 1.84. The minimum Gasteiger partial charge on any atom is -0.372 e. The molecule has 0 atom stereocenters. The number of nitrogens with zero attached hydrogens (tertiary/aromatic N) is 2. The van der Waals surface area contributed by atoms with Gasteiger partial charge in [-0.1, -0.05) is 13.8 Å². The molecule has 0 aromatic heterocycles. The zero-order valence-electron chi connectivity index (χ0n) is 14.2. The zero-order valence-corrected chi connectivity index (χ0v) is 14.2. The van der Waals surface area contributed by atoms with Gasteiger partial charge in [0.1, 0.15) is 0 Å². The van der Waals surface area contributed by atoms with E-state index in [0.717, 1.165) is 25.9 Å². The summed E-state index contributed by atoms with van der Waals surface area (Å²) in [5, 5.41) is 2.71. The summed E-state index contributed by atoms with van der Waals surface area (Å²) in [6.07, 6.45) is 4.17. The van der Waals surface area contributed by atoms with Crippen LogP contribution in [0.3, 0.4) is 0 Å². The molecule has 1 saturated heterocycles. The second kappa shape index (κ2) is 8.56. The van der Waals surface area contributed by atoms with E-state index in [0.29, 0.717) is 18.8 Å². The van der Waals surface area contributed by atoms with Gasteiger partial charge in [-0.3, -0.25) is 9.59 Å². The molecule has 0 bridgehead atoms. The third kappa shape index (κ3) is 4.71. The predicted molar refractivity (Wildman–Crippen MR) is 93.7 cm³/mol. The summed E-state index contributed by atoms with van der Waals surface area (Å²) in [5.74, 6) is -1.00. The molecule has 1 fully saturated rings. The van der Waals surface area contributed by atoms with Gasteiger partial charge in [0.15, 0.2) is 0 Å². The number of amides is 2. The number of carbonyl (C=O) groups excluding carboxylic acids is 2. The van der Waals surface area contributed by atoms with E-state index < -0.39 is 11.8 Å². The summed E-state index contributed by atoms with van der Waals surface area (Å²) in [6.45, 7) is 7.43. The van der Waals surface area contributed by atoms with Crippen molar-refractivity contribution in [3.8, 4) is 0 Å². The van der Waals surface area contributed by atoms with Crippen molar-refractivity contribution in [2.75, 3.05) is 36.4 Å². The molecule has 0 radical (unpaired) electrons. The van der Waals surface area contributed by atoms with Crippen molar-refractivity contribution in [3.63, 3.8) is 0 Å². The summed E-state index contributed by atoms with van der Waals surface area (Å²) in [6, 6.07) is 7.73. The lowest BCUT2D eigenvalue weighted by molar-refractivity contribution is -0.143. The maximum atomic E-state index is 12.2. The molecule has 2 rings (SSSR count). The molecule has 1 heterocycles. The molecule has 1 aliphatic rings. The lowest BCUT2D eigenvalue weighted by Crippen LogP contribution is -2.40. The SMILES string of the molecule is CCCN(CCC)C(=O)C(=O)Nc1ccc(N2CCCC2)cc1. The second-order valence-electron chi connectivity index (χ2n) is 5.99. The van der Waals surface area contributed by atoms with Gasteiger partial charge >= 0.3 is 11.8 Å². The van der Waals surface area contributed by atoms with Gasteiger partial charge in [-0.25, -0.2) is 0 Å². The molecule has 126 valence electrons. The van der Waals surface area contributed by atoms with Crippen molar-refractivity contribution in [1.82, 2.24) is 4.90 Å². The van der Waals surface area contributed by atoms with E-state index in [2.05, 4.69) is 10.2 Å². The first-order chi connectivity index (χ1) is 11.2. The molecular formula is C18H27N3O2. The monoisotopic (exact) mass is 317 g/mol. The molecule has 5 heteroatoms. The van der Waals surface area contributed by atoms with Gasteiger partial charge in [-0.15, -0.1) is 0 Å². The third-order valence-corrected chi connectivity index (χ3v) is 4.06. The summed E-state index contributed by atoms with van der Waals surface area (Å²) in [4.78, 5) is 28.3. The van der Waals surface area contributed by atoms with Gasteiger partial charge in [-0.05, 0) is 49.9 Å². The molecule has 2 amide bonds. The van der Waals surface area contributed by atoms with E-state index in [4.69, 9.17) is 0 Å². The highest BCUT2D eigenvalue weighted by Gasteiger charge is 2.20. The summed E-state index contributed by atoms with van der Waals surface area (Å²) < 4.78 is 0. The molecule has 0 saturated carbocycles. The fourth-order valence-electron chi connectivity index (χ4n) is 2.91. The Labute approximate surface area is 138 Å². The van der Waals surface area contributed by atoms with Crippen molar-refractivity contribution in [2.24, 2.45) is 0 Å². The number of anilines is 2. The molecular weight excluding hydrogens is 290 g/mol. The van der Waals surface area contributed by atoms with Crippen LogP contribution in [-0.4, -0.2) is 42.9 Å². The van der Waals surface area contributed by atoms with E-state index in [1.807, 2.05) is 38.1 Å². The summed E-state index contributed by atoms with van der Waals surface area (Å²) >= 11 is 0. The molecule has 0 unspecified atom stereocenters. The minimum atomic E-state index is -0.555. The van der Waals surface area contributed by atoms with Crippen LogP contribution in [0.1, 0.15) is 39.5 Å². The van der Waals surface area contributed by atoms with Gasteiger partial charge in [0.05, 0.1) is 0 Å². The molecule has 5 nitrogen and oxygen atoms in total. The number of carbonyl (C=O) groups is 2. The van der Waals surface area contributed by atoms with E-state index in [1.165, 1.54) is 18.5 Å². The number of benzene rings is 1. The molecule has 0 aliphatic carbocycles. The van der Waals surface area contributed by atoms with Crippen molar-refractivity contribution in [3.05, 3.63) is 24.3 Å². The van der Waals surface area contributed by atoms with Crippen LogP contribution in [0, 0.1) is 0 Å². The maximum Gasteiger partial charge on any atom is 0.313 e. The van der Waals surface area contributed by atoms with Gasteiger partial charge in [0.2, 0.25) is 0 Å². The normalized spacial score (nSPS) is 13.9. The first kappa shape index (κ1) is 17.3. The number of hydrogen-bond acceptors (Lipinski definition) is 3. The van der Waals surface area contributed by atoms with Crippen molar-refractivity contribution in [2.45, 2.75) is 39.5 Å². The smallest absolute Gasteiger partial charge is 0.313 e. The molecule has 1 N–H and O–H groups in total. The Morgan fingerprint density at radius 3 is 2.13 bits per heavy atom.